The molecule has 1 saturated heterocycles. The summed E-state index contributed by atoms with van der Waals surface area (Å²) in [7, 11) is 1.74. The molecule has 32 heavy (non-hydrogen) atoms. The summed E-state index contributed by atoms with van der Waals surface area (Å²) in [6.45, 7) is 5.33. The number of carbonyl (C=O) groups is 2. The third-order valence-corrected chi connectivity index (χ3v) is 6.00. The predicted octanol–water partition coefficient (Wildman–Crippen LogP) is 3.09. The Morgan fingerprint density at radius 2 is 1.62 bits per heavy atom. The highest BCUT2D eigenvalue weighted by Gasteiger charge is 2.45. The Bertz CT molecular complexity index is 892. The summed E-state index contributed by atoms with van der Waals surface area (Å²) in [4.78, 5) is 30.2. The van der Waals surface area contributed by atoms with Crippen LogP contribution in [0.25, 0.3) is 0 Å². The minimum Gasteiger partial charge on any atom is -0.356 e. The number of hydrogen-bond donors (Lipinski definition) is 3. The van der Waals surface area contributed by atoms with E-state index < -0.39 is 5.54 Å². The predicted molar refractivity (Wildman–Crippen MR) is 128 cm³/mol. The molecule has 0 radical (unpaired) electrons. The number of carbonyl (C=O) groups excluding carboxylic acids is 2. The standard InChI is InChI=1S/C25H33N5O2/c1-4-25(2)22(31)30(24(32)29-25)17-11-16-27-23(26-3)28-18-21(19-12-7-5-8-13-19)20-14-9-6-10-15-20/h5-10,12-15,21H,4,11,16-18H2,1-3H3,(H,29,32)(H2,26,27,28). The van der Waals surface area contributed by atoms with Crippen LogP contribution in [-0.4, -0.2) is 55.0 Å². The van der Waals surface area contributed by atoms with Crippen LogP contribution in [0.15, 0.2) is 65.7 Å². The Morgan fingerprint density at radius 1 is 1.03 bits per heavy atom. The zero-order valence-electron chi connectivity index (χ0n) is 19.1. The molecule has 0 saturated carbocycles. The number of urea groups is 1. The maximum Gasteiger partial charge on any atom is 0.325 e. The van der Waals surface area contributed by atoms with E-state index in [1.807, 2.05) is 19.1 Å². The van der Waals surface area contributed by atoms with Crippen LogP contribution in [0.2, 0.25) is 0 Å². The smallest absolute Gasteiger partial charge is 0.325 e. The number of guanidine groups is 1. The van der Waals surface area contributed by atoms with Crippen LogP contribution in [0, 0.1) is 0 Å². The normalized spacial score (nSPS) is 18.8. The van der Waals surface area contributed by atoms with Crippen molar-refractivity contribution < 1.29 is 9.59 Å². The van der Waals surface area contributed by atoms with Gasteiger partial charge in [-0.1, -0.05) is 67.6 Å². The van der Waals surface area contributed by atoms with Crippen LogP contribution < -0.4 is 16.0 Å². The van der Waals surface area contributed by atoms with Gasteiger partial charge in [-0.05, 0) is 30.9 Å². The second kappa shape index (κ2) is 10.8. The van der Waals surface area contributed by atoms with Gasteiger partial charge in [0.15, 0.2) is 5.96 Å². The van der Waals surface area contributed by atoms with E-state index in [0.717, 1.165) is 0 Å². The van der Waals surface area contributed by atoms with Crippen molar-refractivity contribution in [3.8, 4) is 0 Å². The van der Waals surface area contributed by atoms with E-state index >= 15 is 0 Å². The van der Waals surface area contributed by atoms with Crippen molar-refractivity contribution in [1.82, 2.24) is 20.9 Å². The molecular formula is C25H33N5O2. The van der Waals surface area contributed by atoms with Crippen molar-refractivity contribution in [2.24, 2.45) is 4.99 Å². The van der Waals surface area contributed by atoms with Gasteiger partial charge < -0.3 is 16.0 Å². The zero-order valence-corrected chi connectivity index (χ0v) is 19.1. The molecule has 2 aromatic rings. The quantitative estimate of drug-likeness (QED) is 0.245. The minimum atomic E-state index is -0.786. The minimum absolute atomic E-state index is 0.152. The van der Waals surface area contributed by atoms with E-state index in [0.29, 0.717) is 38.4 Å². The van der Waals surface area contributed by atoms with Gasteiger partial charge in [-0.2, -0.15) is 0 Å². The molecule has 1 atom stereocenters. The highest BCUT2D eigenvalue weighted by Crippen LogP contribution is 2.23. The van der Waals surface area contributed by atoms with Gasteiger partial charge in [0.1, 0.15) is 5.54 Å². The van der Waals surface area contributed by atoms with Gasteiger partial charge in [0.25, 0.3) is 5.91 Å². The fraction of sp³-hybridized carbons (Fsp3) is 0.400. The van der Waals surface area contributed by atoms with E-state index in [1.54, 1.807) is 14.0 Å². The molecule has 1 fully saturated rings. The van der Waals surface area contributed by atoms with Crippen LogP contribution in [0.5, 0.6) is 0 Å². The van der Waals surface area contributed by atoms with Crippen LogP contribution >= 0.6 is 0 Å². The van der Waals surface area contributed by atoms with Gasteiger partial charge in [0, 0.05) is 32.6 Å². The Hall–Kier alpha value is -3.35. The highest BCUT2D eigenvalue weighted by molar-refractivity contribution is 6.06. The van der Waals surface area contributed by atoms with Crippen LogP contribution in [0.1, 0.15) is 43.7 Å². The first-order chi connectivity index (χ1) is 15.5. The molecule has 7 heteroatoms. The molecular weight excluding hydrogens is 402 g/mol. The van der Waals surface area contributed by atoms with E-state index in [9.17, 15) is 9.59 Å². The van der Waals surface area contributed by atoms with E-state index in [2.05, 4.69) is 69.5 Å². The summed E-state index contributed by atoms with van der Waals surface area (Å²) in [5.41, 5.74) is 1.68. The first-order valence-corrected chi connectivity index (χ1v) is 11.2. The number of hydrogen-bond acceptors (Lipinski definition) is 3. The summed E-state index contributed by atoms with van der Waals surface area (Å²) in [5, 5.41) is 9.48. The number of benzene rings is 2. The van der Waals surface area contributed by atoms with Crippen LogP contribution in [0.3, 0.4) is 0 Å². The lowest BCUT2D eigenvalue weighted by Crippen LogP contribution is -2.43. The number of rotatable bonds is 9. The summed E-state index contributed by atoms with van der Waals surface area (Å²) >= 11 is 0. The lowest BCUT2D eigenvalue weighted by molar-refractivity contribution is -0.130. The number of nitrogens with zero attached hydrogens (tertiary/aromatic N) is 2. The van der Waals surface area contributed by atoms with Crippen molar-refractivity contribution in [3.63, 3.8) is 0 Å². The van der Waals surface area contributed by atoms with Gasteiger partial charge in [-0.25, -0.2) is 4.79 Å². The summed E-state index contributed by atoms with van der Waals surface area (Å²) in [6.07, 6.45) is 1.22. The second-order valence-electron chi connectivity index (χ2n) is 8.18. The molecule has 3 rings (SSSR count). The maximum atomic E-state index is 12.5. The van der Waals surface area contributed by atoms with E-state index in [1.165, 1.54) is 16.0 Å². The van der Waals surface area contributed by atoms with Crippen molar-refractivity contribution in [3.05, 3.63) is 71.8 Å². The van der Waals surface area contributed by atoms with Crippen molar-refractivity contribution in [2.75, 3.05) is 26.7 Å². The first kappa shape index (κ1) is 23.3. The molecule has 7 nitrogen and oxygen atoms in total. The lowest BCUT2D eigenvalue weighted by Gasteiger charge is -2.21. The van der Waals surface area contributed by atoms with Crippen LogP contribution in [-0.2, 0) is 4.79 Å². The molecule has 0 spiro atoms. The molecule has 1 aliphatic heterocycles. The molecule has 0 bridgehead atoms. The third-order valence-electron chi connectivity index (χ3n) is 6.00. The Balaban J connectivity index is 1.52. The SMILES string of the molecule is CCC1(C)NC(=O)N(CCCNC(=NC)NCC(c2ccccc2)c2ccccc2)C1=O. The van der Waals surface area contributed by atoms with Crippen molar-refractivity contribution in [2.45, 2.75) is 38.1 Å². The summed E-state index contributed by atoms with van der Waals surface area (Å²) < 4.78 is 0. The zero-order chi connectivity index (χ0) is 23.0. The van der Waals surface area contributed by atoms with Crippen molar-refractivity contribution >= 4 is 17.9 Å². The van der Waals surface area contributed by atoms with E-state index in [4.69, 9.17) is 0 Å². The van der Waals surface area contributed by atoms with Crippen molar-refractivity contribution in [1.29, 1.82) is 0 Å². The lowest BCUT2D eigenvalue weighted by atomic mass is 9.91. The monoisotopic (exact) mass is 435 g/mol. The molecule has 2 aromatic carbocycles. The third kappa shape index (κ3) is 5.46. The first-order valence-electron chi connectivity index (χ1n) is 11.2. The van der Waals surface area contributed by atoms with Gasteiger partial charge in [0.2, 0.25) is 0 Å². The molecule has 3 N–H and O–H groups in total. The summed E-state index contributed by atoms with van der Waals surface area (Å²) in [5.74, 6) is 0.729. The molecule has 1 unspecified atom stereocenters. The van der Waals surface area contributed by atoms with Gasteiger partial charge in [0.05, 0.1) is 0 Å². The van der Waals surface area contributed by atoms with Gasteiger partial charge in [-0.15, -0.1) is 0 Å². The molecule has 170 valence electrons. The van der Waals surface area contributed by atoms with Gasteiger partial charge >= 0.3 is 6.03 Å². The molecule has 0 aromatic heterocycles. The van der Waals surface area contributed by atoms with E-state index in [-0.39, 0.29) is 17.9 Å². The average molecular weight is 436 g/mol. The fourth-order valence-corrected chi connectivity index (χ4v) is 3.85. The van der Waals surface area contributed by atoms with Crippen LogP contribution in [0.4, 0.5) is 4.79 Å². The Morgan fingerprint density at radius 3 is 2.12 bits per heavy atom. The number of aliphatic imine (C=N–C) groups is 1. The number of amides is 3. The Labute approximate surface area is 190 Å². The number of nitrogens with one attached hydrogen (secondary N) is 3. The molecule has 1 heterocycles. The average Bonchev–Trinajstić information content (AvgIpc) is 3.05. The topological polar surface area (TPSA) is 85.8 Å². The highest BCUT2D eigenvalue weighted by atomic mass is 16.2. The molecule has 1 aliphatic rings. The van der Waals surface area contributed by atoms with Gasteiger partial charge in [-0.3, -0.25) is 14.7 Å². The Kier molecular flexibility index (Phi) is 7.87. The second-order valence-corrected chi connectivity index (χ2v) is 8.18. The largest absolute Gasteiger partial charge is 0.356 e. The number of imide groups is 1. The molecule has 0 aliphatic carbocycles. The summed E-state index contributed by atoms with van der Waals surface area (Å²) in [6, 6.07) is 20.5. The fourth-order valence-electron chi connectivity index (χ4n) is 3.85. The molecule has 3 amide bonds. The maximum absolute atomic E-state index is 12.5.